The van der Waals surface area contributed by atoms with E-state index in [1.54, 1.807) is 0 Å². The summed E-state index contributed by atoms with van der Waals surface area (Å²) in [7, 11) is 0. The molecule has 0 aromatic heterocycles. The van der Waals surface area contributed by atoms with Gasteiger partial charge in [0.05, 0.1) is 0 Å². The molecule has 1 aromatic carbocycles. The van der Waals surface area contributed by atoms with Gasteiger partial charge in [0.1, 0.15) is 0 Å². The first-order chi connectivity index (χ1) is 7.72. The molecule has 0 saturated carbocycles. The van der Waals surface area contributed by atoms with Crippen LogP contribution >= 0.6 is 0 Å². The normalized spacial score (nSPS) is 27.1. The average molecular weight is 208 g/mol. The largest absolute Gasteiger partial charge is 0.0943 e. The second-order valence-corrected chi connectivity index (χ2v) is 4.95. The molecule has 1 unspecified atom stereocenters. The van der Waals surface area contributed by atoms with Gasteiger partial charge in [0.15, 0.2) is 0 Å². The molecule has 0 aliphatic heterocycles. The standard InChI is InChI=1S/C16H16/c1-12-15-9-4-3-7-13(15)11-14-8-5-6-10-16(12,14)2/h3-7,9,11H,1,8,10H2,2H3. The summed E-state index contributed by atoms with van der Waals surface area (Å²) in [5, 5.41) is 0. The van der Waals surface area contributed by atoms with Gasteiger partial charge in [-0.1, -0.05) is 61.6 Å². The van der Waals surface area contributed by atoms with Crippen LogP contribution in [0, 0.1) is 5.41 Å². The lowest BCUT2D eigenvalue weighted by Crippen LogP contribution is -2.25. The van der Waals surface area contributed by atoms with Crippen molar-refractivity contribution in [3.63, 3.8) is 0 Å². The number of rotatable bonds is 0. The predicted octanol–water partition coefficient (Wildman–Crippen LogP) is 4.45. The van der Waals surface area contributed by atoms with E-state index < -0.39 is 0 Å². The zero-order chi connectivity index (χ0) is 11.2. The molecule has 0 spiro atoms. The van der Waals surface area contributed by atoms with Gasteiger partial charge < -0.3 is 0 Å². The Morgan fingerprint density at radius 3 is 2.88 bits per heavy atom. The molecule has 1 atom stereocenters. The molecule has 0 bridgehead atoms. The number of benzene rings is 1. The molecule has 80 valence electrons. The van der Waals surface area contributed by atoms with Crippen molar-refractivity contribution in [1.82, 2.24) is 0 Å². The third-order valence-corrected chi connectivity index (χ3v) is 4.02. The Morgan fingerprint density at radius 1 is 1.19 bits per heavy atom. The zero-order valence-corrected chi connectivity index (χ0v) is 9.66. The first-order valence-electron chi connectivity index (χ1n) is 5.87. The molecular weight excluding hydrogens is 192 g/mol. The molecule has 0 fully saturated rings. The van der Waals surface area contributed by atoms with Crippen molar-refractivity contribution >= 4 is 11.6 Å². The lowest BCUT2D eigenvalue weighted by molar-refractivity contribution is 0.520. The summed E-state index contributed by atoms with van der Waals surface area (Å²) < 4.78 is 0. The summed E-state index contributed by atoms with van der Waals surface area (Å²) >= 11 is 0. The van der Waals surface area contributed by atoms with Gasteiger partial charge in [0.2, 0.25) is 0 Å². The van der Waals surface area contributed by atoms with Crippen LogP contribution in [-0.2, 0) is 0 Å². The molecule has 0 radical (unpaired) electrons. The Kier molecular flexibility index (Phi) is 1.94. The predicted molar refractivity (Wildman–Crippen MR) is 69.9 cm³/mol. The lowest BCUT2D eigenvalue weighted by Gasteiger charge is -2.39. The quantitative estimate of drug-likeness (QED) is 0.552. The van der Waals surface area contributed by atoms with Gasteiger partial charge in [-0.15, -0.1) is 0 Å². The number of allylic oxidation sites excluding steroid dienone is 4. The summed E-state index contributed by atoms with van der Waals surface area (Å²) in [6.45, 7) is 6.66. The molecule has 16 heavy (non-hydrogen) atoms. The zero-order valence-electron chi connectivity index (χ0n) is 9.66. The minimum Gasteiger partial charge on any atom is -0.0943 e. The summed E-state index contributed by atoms with van der Waals surface area (Å²) in [6.07, 6.45) is 9.08. The van der Waals surface area contributed by atoms with Gasteiger partial charge in [-0.2, -0.15) is 0 Å². The van der Waals surface area contributed by atoms with E-state index in [0.29, 0.717) is 0 Å². The second kappa shape index (κ2) is 3.21. The fourth-order valence-corrected chi connectivity index (χ4v) is 2.80. The number of fused-ring (bicyclic) bond motifs is 2. The van der Waals surface area contributed by atoms with Crippen molar-refractivity contribution in [3.05, 3.63) is 59.7 Å². The lowest BCUT2D eigenvalue weighted by atomic mass is 9.64. The van der Waals surface area contributed by atoms with Crippen LogP contribution in [0.25, 0.3) is 11.6 Å². The first-order valence-corrected chi connectivity index (χ1v) is 5.87. The molecule has 0 N–H and O–H groups in total. The Morgan fingerprint density at radius 2 is 2.00 bits per heavy atom. The van der Waals surface area contributed by atoms with Crippen molar-refractivity contribution in [2.45, 2.75) is 19.8 Å². The maximum atomic E-state index is 4.34. The molecule has 0 nitrogen and oxygen atoms in total. The van der Waals surface area contributed by atoms with E-state index in [1.807, 2.05) is 0 Å². The smallest absolute Gasteiger partial charge is 0.0174 e. The van der Waals surface area contributed by atoms with Crippen LogP contribution in [0.15, 0.2) is 48.6 Å². The summed E-state index contributed by atoms with van der Waals surface area (Å²) in [6, 6.07) is 8.58. The Balaban J connectivity index is 2.24. The van der Waals surface area contributed by atoms with Crippen LogP contribution in [0.3, 0.4) is 0 Å². The first kappa shape index (κ1) is 9.65. The van der Waals surface area contributed by atoms with Crippen molar-refractivity contribution in [3.8, 4) is 0 Å². The van der Waals surface area contributed by atoms with Gasteiger partial charge in [0.25, 0.3) is 0 Å². The van der Waals surface area contributed by atoms with Gasteiger partial charge >= 0.3 is 0 Å². The molecule has 2 aliphatic rings. The van der Waals surface area contributed by atoms with Crippen LogP contribution in [0.4, 0.5) is 0 Å². The van der Waals surface area contributed by atoms with E-state index >= 15 is 0 Å². The molecule has 3 rings (SSSR count). The van der Waals surface area contributed by atoms with E-state index in [4.69, 9.17) is 0 Å². The monoisotopic (exact) mass is 208 g/mol. The highest BCUT2D eigenvalue weighted by molar-refractivity contribution is 5.84. The summed E-state index contributed by atoms with van der Waals surface area (Å²) in [5.74, 6) is 0. The van der Waals surface area contributed by atoms with Crippen molar-refractivity contribution in [2.75, 3.05) is 0 Å². The van der Waals surface area contributed by atoms with E-state index in [2.05, 4.69) is 56.0 Å². The SMILES string of the molecule is C=C1c2ccccc2C=C2CC=CCC12C. The highest BCUT2D eigenvalue weighted by Gasteiger charge is 2.36. The fourth-order valence-electron chi connectivity index (χ4n) is 2.80. The van der Waals surface area contributed by atoms with Crippen LogP contribution in [-0.4, -0.2) is 0 Å². The molecule has 0 heteroatoms. The van der Waals surface area contributed by atoms with Gasteiger partial charge in [-0.05, 0) is 29.5 Å². The van der Waals surface area contributed by atoms with Crippen LogP contribution in [0.5, 0.6) is 0 Å². The average Bonchev–Trinajstić information content (AvgIpc) is 2.31. The maximum Gasteiger partial charge on any atom is 0.0174 e. The third-order valence-electron chi connectivity index (χ3n) is 4.02. The topological polar surface area (TPSA) is 0 Å². The van der Waals surface area contributed by atoms with Gasteiger partial charge in [-0.3, -0.25) is 0 Å². The van der Waals surface area contributed by atoms with Crippen LogP contribution < -0.4 is 0 Å². The minimum absolute atomic E-state index is 0.156. The van der Waals surface area contributed by atoms with E-state index in [9.17, 15) is 0 Å². The van der Waals surface area contributed by atoms with E-state index in [0.717, 1.165) is 12.8 Å². The Hall–Kier alpha value is -1.56. The van der Waals surface area contributed by atoms with Crippen LogP contribution in [0.1, 0.15) is 30.9 Å². The second-order valence-electron chi connectivity index (χ2n) is 4.95. The van der Waals surface area contributed by atoms with Gasteiger partial charge in [-0.25, -0.2) is 0 Å². The highest BCUT2D eigenvalue weighted by Crippen LogP contribution is 2.51. The molecule has 1 aromatic rings. The molecule has 0 heterocycles. The number of hydrogen-bond donors (Lipinski definition) is 0. The molecule has 2 aliphatic carbocycles. The van der Waals surface area contributed by atoms with E-state index in [1.165, 1.54) is 22.3 Å². The molecular formula is C16H16. The van der Waals surface area contributed by atoms with Gasteiger partial charge in [0, 0.05) is 5.41 Å². The van der Waals surface area contributed by atoms with Crippen molar-refractivity contribution < 1.29 is 0 Å². The number of hydrogen-bond acceptors (Lipinski definition) is 0. The van der Waals surface area contributed by atoms with E-state index in [-0.39, 0.29) is 5.41 Å². The Bertz CT molecular complexity index is 517. The third kappa shape index (κ3) is 1.16. The summed E-state index contributed by atoms with van der Waals surface area (Å²) in [4.78, 5) is 0. The molecule has 0 saturated heterocycles. The van der Waals surface area contributed by atoms with Crippen molar-refractivity contribution in [2.24, 2.45) is 5.41 Å². The maximum absolute atomic E-state index is 4.34. The minimum atomic E-state index is 0.156. The summed E-state index contributed by atoms with van der Waals surface area (Å²) in [5.41, 5.74) is 5.60. The highest BCUT2D eigenvalue weighted by atomic mass is 14.4. The van der Waals surface area contributed by atoms with Crippen molar-refractivity contribution in [1.29, 1.82) is 0 Å². The van der Waals surface area contributed by atoms with Crippen LogP contribution in [0.2, 0.25) is 0 Å². The Labute approximate surface area is 97.0 Å². The molecule has 0 amide bonds. The fraction of sp³-hybridized carbons (Fsp3) is 0.250.